The van der Waals surface area contributed by atoms with Gasteiger partial charge in [0, 0.05) is 20.1 Å². The first-order chi connectivity index (χ1) is 12.9. The number of rotatable bonds is 7. The molecule has 0 radical (unpaired) electrons. The van der Waals surface area contributed by atoms with Gasteiger partial charge in [0.2, 0.25) is 0 Å². The van der Waals surface area contributed by atoms with Crippen molar-refractivity contribution in [1.82, 2.24) is 10.6 Å². The highest BCUT2D eigenvalue weighted by Crippen LogP contribution is 2.23. The zero-order valence-electron chi connectivity index (χ0n) is 15.0. The minimum atomic E-state index is -0.540. The highest BCUT2D eigenvalue weighted by atomic mass is 79.9. The SMILES string of the molecule is CCOC(=O)NCCNC(=O)c1ccccc1N(C)C(=O)c1ccc(Br)o1. The quantitative estimate of drug-likeness (QED) is 0.648. The molecule has 2 rings (SSSR count). The Morgan fingerprint density at radius 3 is 2.48 bits per heavy atom. The third-order valence-corrected chi connectivity index (χ3v) is 3.98. The molecule has 2 N–H and O–H groups in total. The Labute approximate surface area is 165 Å². The first-order valence-electron chi connectivity index (χ1n) is 8.25. The average molecular weight is 438 g/mol. The topological polar surface area (TPSA) is 101 Å². The van der Waals surface area contributed by atoms with Crippen LogP contribution in [0.5, 0.6) is 0 Å². The van der Waals surface area contributed by atoms with Crippen LogP contribution in [-0.2, 0) is 4.74 Å². The highest BCUT2D eigenvalue weighted by Gasteiger charge is 2.21. The normalized spacial score (nSPS) is 10.2. The van der Waals surface area contributed by atoms with E-state index in [-0.39, 0.29) is 37.3 Å². The van der Waals surface area contributed by atoms with Gasteiger partial charge in [0.15, 0.2) is 10.4 Å². The molecule has 0 aliphatic carbocycles. The van der Waals surface area contributed by atoms with Gasteiger partial charge >= 0.3 is 6.09 Å². The molecule has 0 bridgehead atoms. The van der Waals surface area contributed by atoms with Gasteiger partial charge in [0.05, 0.1) is 17.9 Å². The van der Waals surface area contributed by atoms with Gasteiger partial charge in [-0.1, -0.05) is 12.1 Å². The lowest BCUT2D eigenvalue weighted by Crippen LogP contribution is -2.36. The number of amides is 3. The van der Waals surface area contributed by atoms with Gasteiger partial charge in [-0.15, -0.1) is 0 Å². The van der Waals surface area contributed by atoms with Crippen molar-refractivity contribution < 1.29 is 23.5 Å². The van der Waals surface area contributed by atoms with Crippen LogP contribution in [0.15, 0.2) is 45.5 Å². The fourth-order valence-electron chi connectivity index (χ4n) is 2.28. The molecule has 0 fully saturated rings. The highest BCUT2D eigenvalue weighted by molar-refractivity contribution is 9.10. The molecule has 0 saturated heterocycles. The molecule has 0 unspecified atom stereocenters. The molecular weight excluding hydrogens is 418 g/mol. The number of benzene rings is 1. The summed E-state index contributed by atoms with van der Waals surface area (Å²) >= 11 is 3.16. The summed E-state index contributed by atoms with van der Waals surface area (Å²) in [6.07, 6.45) is -0.540. The molecule has 9 heteroatoms. The van der Waals surface area contributed by atoms with Crippen LogP contribution in [0.4, 0.5) is 10.5 Å². The lowest BCUT2D eigenvalue weighted by atomic mass is 10.1. The second-order valence-corrected chi connectivity index (χ2v) is 6.17. The summed E-state index contributed by atoms with van der Waals surface area (Å²) in [7, 11) is 1.56. The summed E-state index contributed by atoms with van der Waals surface area (Å²) in [6, 6.07) is 9.89. The summed E-state index contributed by atoms with van der Waals surface area (Å²) in [6.45, 7) is 2.42. The fraction of sp³-hybridized carbons (Fsp3) is 0.278. The van der Waals surface area contributed by atoms with Crippen molar-refractivity contribution in [3.05, 3.63) is 52.4 Å². The molecular formula is C18H20BrN3O5. The van der Waals surface area contributed by atoms with Crippen LogP contribution in [0.25, 0.3) is 0 Å². The predicted molar refractivity (Wildman–Crippen MR) is 103 cm³/mol. The molecule has 8 nitrogen and oxygen atoms in total. The standard InChI is InChI=1S/C18H20BrN3O5/c1-3-26-18(25)21-11-10-20-16(23)12-6-4-5-7-13(12)22(2)17(24)14-8-9-15(19)27-14/h4-9H,3,10-11H2,1-2H3,(H,20,23)(H,21,25). The van der Waals surface area contributed by atoms with E-state index in [2.05, 4.69) is 26.6 Å². The number of ether oxygens (including phenoxy) is 1. The van der Waals surface area contributed by atoms with Crippen LogP contribution in [0.1, 0.15) is 27.8 Å². The van der Waals surface area contributed by atoms with Gasteiger partial charge in [-0.25, -0.2) is 4.79 Å². The van der Waals surface area contributed by atoms with Gasteiger partial charge in [-0.05, 0) is 47.1 Å². The molecule has 144 valence electrons. The van der Waals surface area contributed by atoms with E-state index in [1.54, 1.807) is 50.4 Å². The number of furan rings is 1. The van der Waals surface area contributed by atoms with E-state index in [1.807, 2.05) is 0 Å². The minimum Gasteiger partial charge on any atom is -0.450 e. The van der Waals surface area contributed by atoms with Gasteiger partial charge < -0.3 is 24.7 Å². The van der Waals surface area contributed by atoms with Crippen LogP contribution < -0.4 is 15.5 Å². The maximum Gasteiger partial charge on any atom is 0.407 e. The summed E-state index contributed by atoms with van der Waals surface area (Å²) in [5.74, 6) is -0.598. The maximum atomic E-state index is 12.5. The number of halogens is 1. The molecule has 0 saturated carbocycles. The monoisotopic (exact) mass is 437 g/mol. The molecule has 0 spiro atoms. The molecule has 1 heterocycles. The number of carbonyl (C=O) groups excluding carboxylic acids is 3. The Kier molecular flexibility index (Phi) is 7.42. The molecule has 1 aromatic heterocycles. The van der Waals surface area contributed by atoms with Crippen LogP contribution in [-0.4, -0.2) is 44.7 Å². The maximum absolute atomic E-state index is 12.5. The van der Waals surface area contributed by atoms with Gasteiger partial charge in [-0.3, -0.25) is 9.59 Å². The number of nitrogens with one attached hydrogen (secondary N) is 2. The molecule has 2 aromatic rings. The van der Waals surface area contributed by atoms with E-state index < -0.39 is 6.09 Å². The summed E-state index contributed by atoms with van der Waals surface area (Å²) < 4.78 is 10.5. The van der Waals surface area contributed by atoms with E-state index in [9.17, 15) is 14.4 Å². The summed E-state index contributed by atoms with van der Waals surface area (Å²) in [4.78, 5) is 37.6. The van der Waals surface area contributed by atoms with E-state index in [1.165, 1.54) is 4.90 Å². The first-order valence-corrected chi connectivity index (χ1v) is 9.04. The zero-order chi connectivity index (χ0) is 19.8. The molecule has 0 aliphatic heterocycles. The van der Waals surface area contributed by atoms with Gasteiger partial charge in [0.1, 0.15) is 0 Å². The van der Waals surface area contributed by atoms with E-state index in [4.69, 9.17) is 9.15 Å². The number of carbonyl (C=O) groups is 3. The Hall–Kier alpha value is -2.81. The Balaban J connectivity index is 2.02. The van der Waals surface area contributed by atoms with Crippen molar-refractivity contribution in [2.75, 3.05) is 31.6 Å². The van der Waals surface area contributed by atoms with Gasteiger partial charge in [-0.2, -0.15) is 0 Å². The van der Waals surface area contributed by atoms with Crippen LogP contribution in [0.2, 0.25) is 0 Å². The Bertz CT molecular complexity index is 821. The lowest BCUT2D eigenvalue weighted by Gasteiger charge is -2.19. The van der Waals surface area contributed by atoms with Gasteiger partial charge in [0.25, 0.3) is 11.8 Å². The second-order valence-electron chi connectivity index (χ2n) is 5.39. The van der Waals surface area contributed by atoms with Crippen molar-refractivity contribution in [3.63, 3.8) is 0 Å². The number of anilines is 1. The Morgan fingerprint density at radius 1 is 1.11 bits per heavy atom. The number of hydrogen-bond donors (Lipinski definition) is 2. The zero-order valence-corrected chi connectivity index (χ0v) is 16.5. The predicted octanol–water partition coefficient (Wildman–Crippen LogP) is 2.79. The van der Waals surface area contributed by atoms with Crippen molar-refractivity contribution in [3.8, 4) is 0 Å². The first kappa shape index (κ1) is 20.5. The third kappa shape index (κ3) is 5.58. The molecule has 0 atom stereocenters. The minimum absolute atomic E-state index is 0.151. The van der Waals surface area contributed by atoms with Crippen LogP contribution >= 0.6 is 15.9 Å². The van der Waals surface area contributed by atoms with Crippen molar-refractivity contribution in [2.24, 2.45) is 0 Å². The largest absolute Gasteiger partial charge is 0.450 e. The van der Waals surface area contributed by atoms with E-state index in [0.717, 1.165) is 0 Å². The second kappa shape index (κ2) is 9.77. The number of nitrogens with zero attached hydrogens (tertiary/aromatic N) is 1. The molecule has 27 heavy (non-hydrogen) atoms. The third-order valence-electron chi connectivity index (χ3n) is 3.55. The lowest BCUT2D eigenvalue weighted by molar-refractivity contribution is 0.0952. The van der Waals surface area contributed by atoms with E-state index in [0.29, 0.717) is 15.9 Å². The fourth-order valence-corrected chi connectivity index (χ4v) is 2.59. The molecule has 0 aliphatic rings. The average Bonchev–Trinajstić information content (AvgIpc) is 3.10. The molecule has 1 aromatic carbocycles. The smallest absolute Gasteiger partial charge is 0.407 e. The van der Waals surface area contributed by atoms with E-state index >= 15 is 0 Å². The van der Waals surface area contributed by atoms with Crippen LogP contribution in [0, 0.1) is 0 Å². The number of alkyl carbamates (subject to hydrolysis) is 1. The summed E-state index contributed by atoms with van der Waals surface area (Å²) in [5, 5.41) is 5.21. The molecule has 3 amide bonds. The van der Waals surface area contributed by atoms with Crippen molar-refractivity contribution in [2.45, 2.75) is 6.92 Å². The van der Waals surface area contributed by atoms with Crippen molar-refractivity contribution in [1.29, 1.82) is 0 Å². The number of hydrogen-bond acceptors (Lipinski definition) is 5. The van der Waals surface area contributed by atoms with Crippen LogP contribution in [0.3, 0.4) is 0 Å². The number of para-hydroxylation sites is 1. The summed E-state index contributed by atoms with van der Waals surface area (Å²) in [5.41, 5.74) is 0.765. The Morgan fingerprint density at radius 2 is 1.81 bits per heavy atom. The van der Waals surface area contributed by atoms with Crippen molar-refractivity contribution >= 4 is 39.5 Å².